The Hall–Kier alpha value is -3.40. The van der Waals surface area contributed by atoms with Crippen molar-refractivity contribution in [2.75, 3.05) is 5.73 Å². The quantitative estimate of drug-likeness (QED) is 0.734. The number of hydrogen-bond acceptors (Lipinski definition) is 5. The van der Waals surface area contributed by atoms with E-state index in [0.717, 1.165) is 0 Å². The third-order valence-electron chi connectivity index (χ3n) is 3.11. The number of carboxylic acids is 1. The van der Waals surface area contributed by atoms with Crippen molar-refractivity contribution in [2.45, 2.75) is 0 Å². The summed E-state index contributed by atoms with van der Waals surface area (Å²) in [5.41, 5.74) is 7.90. The fourth-order valence-electron chi connectivity index (χ4n) is 2.17. The van der Waals surface area contributed by atoms with Gasteiger partial charge in [-0.25, -0.2) is 14.3 Å². The molecule has 0 aliphatic heterocycles. The molecular formula is C14H9N5O2. The molecule has 0 saturated carbocycles. The van der Waals surface area contributed by atoms with Gasteiger partial charge in [0.2, 0.25) is 0 Å². The molecule has 1 aromatic carbocycles. The van der Waals surface area contributed by atoms with Gasteiger partial charge in [-0.3, -0.25) is 0 Å². The standard InChI is InChI=1S/C14H9N5O2/c15-6-10-5-11(19-12(10)13(16)17-7-18-19)8-2-1-3-9(4-8)14(20)21/h1-5,7H,(H,20,21)(H2,16,17,18). The fourth-order valence-corrected chi connectivity index (χ4v) is 2.17. The lowest BCUT2D eigenvalue weighted by atomic mass is 10.1. The molecule has 0 aliphatic rings. The summed E-state index contributed by atoms with van der Waals surface area (Å²) in [6, 6.07) is 10.0. The summed E-state index contributed by atoms with van der Waals surface area (Å²) < 4.78 is 1.49. The van der Waals surface area contributed by atoms with E-state index in [1.54, 1.807) is 18.2 Å². The van der Waals surface area contributed by atoms with Crippen molar-refractivity contribution in [3.8, 4) is 17.3 Å². The number of nitrogens with two attached hydrogens (primary N) is 1. The largest absolute Gasteiger partial charge is 0.478 e. The van der Waals surface area contributed by atoms with E-state index < -0.39 is 5.97 Å². The van der Waals surface area contributed by atoms with Crippen LogP contribution in [-0.4, -0.2) is 25.7 Å². The van der Waals surface area contributed by atoms with E-state index in [9.17, 15) is 10.1 Å². The first-order valence-electron chi connectivity index (χ1n) is 5.98. The van der Waals surface area contributed by atoms with E-state index in [-0.39, 0.29) is 11.4 Å². The molecule has 0 saturated heterocycles. The van der Waals surface area contributed by atoms with Gasteiger partial charge < -0.3 is 10.8 Å². The smallest absolute Gasteiger partial charge is 0.335 e. The number of carboxylic acid groups (broad SMARTS) is 1. The zero-order chi connectivity index (χ0) is 15.0. The number of fused-ring (bicyclic) bond motifs is 1. The SMILES string of the molecule is N#Cc1cc(-c2cccc(C(=O)O)c2)n2ncnc(N)c12. The van der Waals surface area contributed by atoms with Crippen molar-refractivity contribution in [2.24, 2.45) is 0 Å². The van der Waals surface area contributed by atoms with Crippen LogP contribution in [0.4, 0.5) is 5.82 Å². The number of aromatic carboxylic acids is 1. The normalized spacial score (nSPS) is 10.4. The molecule has 3 aromatic rings. The Kier molecular flexibility index (Phi) is 2.77. The van der Waals surface area contributed by atoms with Crippen LogP contribution in [0.3, 0.4) is 0 Å². The number of benzene rings is 1. The number of aromatic nitrogens is 3. The Morgan fingerprint density at radius 3 is 2.90 bits per heavy atom. The van der Waals surface area contributed by atoms with Crippen molar-refractivity contribution in [1.82, 2.24) is 14.6 Å². The van der Waals surface area contributed by atoms with Crippen molar-refractivity contribution >= 4 is 17.3 Å². The molecule has 0 radical (unpaired) electrons. The van der Waals surface area contributed by atoms with Crippen LogP contribution >= 0.6 is 0 Å². The third-order valence-corrected chi connectivity index (χ3v) is 3.11. The topological polar surface area (TPSA) is 117 Å². The summed E-state index contributed by atoms with van der Waals surface area (Å²) in [6.07, 6.45) is 1.29. The maximum absolute atomic E-state index is 11.1. The minimum atomic E-state index is -1.02. The van der Waals surface area contributed by atoms with Crippen LogP contribution in [-0.2, 0) is 0 Å². The Bertz CT molecular complexity index is 907. The third kappa shape index (κ3) is 1.95. The van der Waals surface area contributed by atoms with Crippen molar-refractivity contribution in [1.29, 1.82) is 5.26 Å². The first-order chi connectivity index (χ1) is 10.1. The predicted octanol–water partition coefficient (Wildman–Crippen LogP) is 1.55. The number of anilines is 1. The van der Waals surface area contributed by atoms with E-state index in [1.165, 1.54) is 23.0 Å². The maximum Gasteiger partial charge on any atom is 0.335 e. The monoisotopic (exact) mass is 279 g/mol. The summed E-state index contributed by atoms with van der Waals surface area (Å²) in [6.45, 7) is 0. The molecule has 2 heterocycles. The van der Waals surface area contributed by atoms with Gasteiger partial charge in [0.05, 0.1) is 16.8 Å². The molecule has 0 fully saturated rings. The number of hydrogen-bond donors (Lipinski definition) is 2. The number of rotatable bonds is 2. The van der Waals surface area contributed by atoms with Crippen LogP contribution in [0.5, 0.6) is 0 Å². The molecule has 0 amide bonds. The van der Waals surface area contributed by atoms with Crippen LogP contribution in [0.1, 0.15) is 15.9 Å². The summed E-state index contributed by atoms with van der Waals surface area (Å²) in [4.78, 5) is 14.9. The average molecular weight is 279 g/mol. The summed E-state index contributed by atoms with van der Waals surface area (Å²) in [5.74, 6) is -0.824. The lowest BCUT2D eigenvalue weighted by molar-refractivity contribution is 0.0697. The minimum Gasteiger partial charge on any atom is -0.478 e. The van der Waals surface area contributed by atoms with Crippen molar-refractivity contribution < 1.29 is 9.90 Å². The summed E-state index contributed by atoms with van der Waals surface area (Å²) in [5, 5.41) is 22.3. The van der Waals surface area contributed by atoms with Gasteiger partial charge in [-0.15, -0.1) is 0 Å². The highest BCUT2D eigenvalue weighted by atomic mass is 16.4. The molecule has 3 rings (SSSR count). The molecule has 0 bridgehead atoms. The zero-order valence-corrected chi connectivity index (χ0v) is 10.7. The van der Waals surface area contributed by atoms with Gasteiger partial charge in [-0.2, -0.15) is 10.4 Å². The molecule has 3 N–H and O–H groups in total. The second-order valence-corrected chi connectivity index (χ2v) is 4.35. The van der Waals surface area contributed by atoms with E-state index in [1.807, 2.05) is 6.07 Å². The van der Waals surface area contributed by atoms with Crippen LogP contribution in [0.15, 0.2) is 36.7 Å². The molecule has 102 valence electrons. The number of nitriles is 1. The Balaban J connectivity index is 2.31. The Morgan fingerprint density at radius 2 is 2.19 bits per heavy atom. The first-order valence-corrected chi connectivity index (χ1v) is 5.98. The Morgan fingerprint density at radius 1 is 1.38 bits per heavy atom. The van der Waals surface area contributed by atoms with Gasteiger partial charge in [0.25, 0.3) is 0 Å². The minimum absolute atomic E-state index is 0.156. The van der Waals surface area contributed by atoms with Crippen LogP contribution in [0.2, 0.25) is 0 Å². The Labute approximate surface area is 118 Å². The second kappa shape index (κ2) is 4.61. The molecule has 0 unspecified atom stereocenters. The molecule has 21 heavy (non-hydrogen) atoms. The van der Waals surface area contributed by atoms with Crippen LogP contribution < -0.4 is 5.73 Å². The summed E-state index contributed by atoms with van der Waals surface area (Å²) in [7, 11) is 0. The van der Waals surface area contributed by atoms with E-state index in [0.29, 0.717) is 22.3 Å². The maximum atomic E-state index is 11.1. The average Bonchev–Trinajstić information content (AvgIpc) is 2.87. The molecule has 0 atom stereocenters. The zero-order valence-electron chi connectivity index (χ0n) is 10.7. The van der Waals surface area contributed by atoms with Crippen molar-refractivity contribution in [3.05, 3.63) is 47.8 Å². The lowest BCUT2D eigenvalue weighted by Crippen LogP contribution is -2.01. The number of carbonyl (C=O) groups is 1. The van der Waals surface area contributed by atoms with Crippen LogP contribution in [0.25, 0.3) is 16.8 Å². The first kappa shape index (κ1) is 12.6. The van der Waals surface area contributed by atoms with Crippen LogP contribution in [0, 0.1) is 11.3 Å². The lowest BCUT2D eigenvalue weighted by Gasteiger charge is -2.03. The highest BCUT2D eigenvalue weighted by molar-refractivity contribution is 5.90. The van der Waals surface area contributed by atoms with Gasteiger partial charge >= 0.3 is 5.97 Å². The molecule has 7 heteroatoms. The van der Waals surface area contributed by atoms with Gasteiger partial charge in [-0.1, -0.05) is 12.1 Å². The molecule has 7 nitrogen and oxygen atoms in total. The van der Waals surface area contributed by atoms with Gasteiger partial charge in [-0.05, 0) is 18.2 Å². The predicted molar refractivity (Wildman–Crippen MR) is 74.5 cm³/mol. The van der Waals surface area contributed by atoms with E-state index in [2.05, 4.69) is 10.1 Å². The van der Waals surface area contributed by atoms with Gasteiger partial charge in [0, 0.05) is 5.56 Å². The number of nitrogens with zero attached hydrogens (tertiary/aromatic N) is 4. The number of nitrogen functional groups attached to an aromatic ring is 1. The molecular weight excluding hydrogens is 270 g/mol. The summed E-state index contributed by atoms with van der Waals surface area (Å²) >= 11 is 0. The molecule has 0 aliphatic carbocycles. The van der Waals surface area contributed by atoms with E-state index >= 15 is 0 Å². The molecule has 2 aromatic heterocycles. The highest BCUT2D eigenvalue weighted by Gasteiger charge is 2.15. The molecule has 0 spiro atoms. The highest BCUT2D eigenvalue weighted by Crippen LogP contribution is 2.27. The van der Waals surface area contributed by atoms with E-state index in [4.69, 9.17) is 10.8 Å². The second-order valence-electron chi connectivity index (χ2n) is 4.35. The van der Waals surface area contributed by atoms with Gasteiger partial charge in [0.1, 0.15) is 17.9 Å². The van der Waals surface area contributed by atoms with Crippen molar-refractivity contribution in [3.63, 3.8) is 0 Å². The van der Waals surface area contributed by atoms with Gasteiger partial charge in [0.15, 0.2) is 5.82 Å². The fraction of sp³-hybridized carbons (Fsp3) is 0.